The summed E-state index contributed by atoms with van der Waals surface area (Å²) in [6.07, 6.45) is 6.11. The third kappa shape index (κ3) is 2.42. The minimum atomic E-state index is -0.494. The zero-order valence-corrected chi connectivity index (χ0v) is 13.6. The van der Waals surface area contributed by atoms with E-state index in [4.69, 9.17) is 4.74 Å². The second kappa shape index (κ2) is 5.91. The molecule has 120 valence electrons. The number of carbonyl (C=O) groups is 1. The summed E-state index contributed by atoms with van der Waals surface area (Å²) in [6, 6.07) is 0. The minimum Gasteiger partial charge on any atom is -0.469 e. The largest absolute Gasteiger partial charge is 0.469 e. The van der Waals surface area contributed by atoms with Gasteiger partial charge in [-0.25, -0.2) is 0 Å². The van der Waals surface area contributed by atoms with Gasteiger partial charge < -0.3 is 9.84 Å². The number of carbonyl (C=O) groups excluding carboxylic acids is 1. The Balaban J connectivity index is 1.72. The van der Waals surface area contributed by atoms with Crippen LogP contribution in [0.1, 0.15) is 52.4 Å². The molecular weight excluding hydrogens is 264 g/mol. The Morgan fingerprint density at radius 1 is 1.14 bits per heavy atom. The van der Waals surface area contributed by atoms with Crippen LogP contribution in [0.5, 0.6) is 0 Å². The summed E-state index contributed by atoms with van der Waals surface area (Å²) in [7, 11) is 1.40. The lowest BCUT2D eigenvalue weighted by molar-refractivity contribution is -0.144. The lowest BCUT2D eigenvalue weighted by atomic mass is 9.69. The van der Waals surface area contributed by atoms with Gasteiger partial charge in [0.05, 0.1) is 19.6 Å². The Hall–Kier alpha value is -0.570. The van der Waals surface area contributed by atoms with Crippen molar-refractivity contribution < 1.29 is 14.6 Å². The lowest BCUT2D eigenvalue weighted by Crippen LogP contribution is -2.36. The first-order valence-corrected chi connectivity index (χ1v) is 8.85. The van der Waals surface area contributed by atoms with Gasteiger partial charge in [-0.2, -0.15) is 0 Å². The van der Waals surface area contributed by atoms with E-state index >= 15 is 0 Å². The highest BCUT2D eigenvalue weighted by molar-refractivity contribution is 5.69. The maximum absolute atomic E-state index is 11.4. The minimum absolute atomic E-state index is 0.176. The van der Waals surface area contributed by atoms with Crippen molar-refractivity contribution in [2.75, 3.05) is 7.11 Å². The Kier molecular flexibility index (Phi) is 4.31. The van der Waals surface area contributed by atoms with Gasteiger partial charge in [0.2, 0.25) is 0 Å². The second-order valence-electron chi connectivity index (χ2n) is 7.63. The van der Waals surface area contributed by atoms with Crippen molar-refractivity contribution >= 4 is 5.97 Å². The van der Waals surface area contributed by atoms with E-state index in [2.05, 4.69) is 13.8 Å². The predicted molar refractivity (Wildman–Crippen MR) is 81.5 cm³/mol. The molecule has 0 aromatic carbocycles. The average molecular weight is 294 g/mol. The highest BCUT2D eigenvalue weighted by Crippen LogP contribution is 2.66. The normalized spacial score (nSPS) is 45.6. The molecule has 3 heteroatoms. The zero-order chi connectivity index (χ0) is 15.1. The molecular formula is C18H30O3. The molecule has 0 aliphatic heterocycles. The molecule has 3 saturated carbocycles. The molecule has 0 saturated heterocycles. The summed E-state index contributed by atoms with van der Waals surface area (Å²) in [5.41, 5.74) is 0. The number of rotatable bonds is 5. The van der Waals surface area contributed by atoms with Gasteiger partial charge in [-0.05, 0) is 60.7 Å². The monoisotopic (exact) mass is 294 g/mol. The Bertz CT molecular complexity index is 394. The van der Waals surface area contributed by atoms with Crippen molar-refractivity contribution in [3.05, 3.63) is 0 Å². The molecule has 0 radical (unpaired) electrons. The molecule has 3 fully saturated rings. The first kappa shape index (κ1) is 15.3. The number of aliphatic hydroxyl groups excluding tert-OH is 1. The van der Waals surface area contributed by atoms with Crippen LogP contribution in [0.2, 0.25) is 0 Å². The number of hydrogen-bond acceptors (Lipinski definition) is 3. The Morgan fingerprint density at radius 3 is 2.43 bits per heavy atom. The smallest absolute Gasteiger partial charge is 0.308 e. The second-order valence-corrected chi connectivity index (χ2v) is 7.63. The molecule has 0 aromatic rings. The first-order valence-electron chi connectivity index (χ1n) is 8.85. The molecule has 3 rings (SSSR count). The third-order valence-corrected chi connectivity index (χ3v) is 7.02. The van der Waals surface area contributed by atoms with E-state index in [-0.39, 0.29) is 12.4 Å². The summed E-state index contributed by atoms with van der Waals surface area (Å²) >= 11 is 0. The molecule has 0 aromatic heterocycles. The molecule has 2 bridgehead atoms. The maximum Gasteiger partial charge on any atom is 0.308 e. The third-order valence-electron chi connectivity index (χ3n) is 7.02. The van der Waals surface area contributed by atoms with E-state index in [9.17, 15) is 9.90 Å². The van der Waals surface area contributed by atoms with Gasteiger partial charge in [-0.1, -0.05) is 26.7 Å². The predicted octanol–water partition coefficient (Wildman–Crippen LogP) is 3.25. The fraction of sp³-hybridized carbons (Fsp3) is 0.944. The molecule has 0 spiro atoms. The van der Waals surface area contributed by atoms with Crippen molar-refractivity contribution in [3.63, 3.8) is 0 Å². The van der Waals surface area contributed by atoms with E-state index in [0.717, 1.165) is 36.0 Å². The quantitative estimate of drug-likeness (QED) is 0.792. The van der Waals surface area contributed by atoms with E-state index < -0.39 is 6.10 Å². The number of fused-ring (bicyclic) bond motifs is 5. The number of methoxy groups -OCH3 is 1. The van der Waals surface area contributed by atoms with Crippen LogP contribution in [0.25, 0.3) is 0 Å². The maximum atomic E-state index is 11.4. The van der Waals surface area contributed by atoms with E-state index in [0.29, 0.717) is 11.8 Å². The standard InChI is InChI=1S/C18H30O3/c1-4-10-6-11(5-2)18-14-8-12(17(10)18)7-13(14)15(19)9-16(20)21-3/h10-15,17-19H,4-9H2,1-3H3. The van der Waals surface area contributed by atoms with Crippen LogP contribution in [0.15, 0.2) is 0 Å². The number of esters is 1. The summed E-state index contributed by atoms with van der Waals surface area (Å²) in [4.78, 5) is 11.4. The van der Waals surface area contributed by atoms with E-state index in [1.54, 1.807) is 0 Å². The summed E-state index contributed by atoms with van der Waals surface area (Å²) in [6.45, 7) is 4.67. The van der Waals surface area contributed by atoms with Gasteiger partial charge >= 0.3 is 5.97 Å². The van der Waals surface area contributed by atoms with Gasteiger partial charge in [0.25, 0.3) is 0 Å². The molecule has 3 aliphatic rings. The van der Waals surface area contributed by atoms with E-state index in [1.807, 2.05) is 0 Å². The fourth-order valence-corrected chi connectivity index (χ4v) is 6.29. The number of hydrogen-bond donors (Lipinski definition) is 1. The van der Waals surface area contributed by atoms with Crippen LogP contribution < -0.4 is 0 Å². The Labute approximate surface area is 128 Å². The Morgan fingerprint density at radius 2 is 1.81 bits per heavy atom. The van der Waals surface area contributed by atoms with Crippen molar-refractivity contribution in [1.82, 2.24) is 0 Å². The average Bonchev–Trinajstić information content (AvgIpc) is 3.16. The molecule has 0 amide bonds. The number of aliphatic hydroxyl groups is 1. The molecule has 3 aliphatic carbocycles. The van der Waals surface area contributed by atoms with Crippen molar-refractivity contribution in [3.8, 4) is 0 Å². The summed E-state index contributed by atoms with van der Waals surface area (Å²) in [5, 5.41) is 10.5. The van der Waals surface area contributed by atoms with Crippen molar-refractivity contribution in [1.29, 1.82) is 0 Å². The van der Waals surface area contributed by atoms with Crippen LogP contribution in [0.3, 0.4) is 0 Å². The highest BCUT2D eigenvalue weighted by Gasteiger charge is 2.60. The summed E-state index contributed by atoms with van der Waals surface area (Å²) < 4.78 is 4.72. The molecule has 8 atom stereocenters. The van der Waals surface area contributed by atoms with Crippen LogP contribution in [-0.2, 0) is 9.53 Å². The molecule has 0 heterocycles. The molecule has 3 nitrogen and oxygen atoms in total. The fourth-order valence-electron chi connectivity index (χ4n) is 6.29. The van der Waals surface area contributed by atoms with Gasteiger partial charge in [0, 0.05) is 0 Å². The van der Waals surface area contributed by atoms with Gasteiger partial charge in [-0.3, -0.25) is 4.79 Å². The van der Waals surface area contributed by atoms with Crippen LogP contribution >= 0.6 is 0 Å². The van der Waals surface area contributed by atoms with Crippen LogP contribution in [0.4, 0.5) is 0 Å². The molecule has 1 N–H and O–H groups in total. The van der Waals surface area contributed by atoms with Crippen LogP contribution in [0, 0.1) is 41.4 Å². The zero-order valence-electron chi connectivity index (χ0n) is 13.6. The van der Waals surface area contributed by atoms with Gasteiger partial charge in [0.1, 0.15) is 0 Å². The number of ether oxygens (including phenoxy) is 1. The molecule has 8 unspecified atom stereocenters. The van der Waals surface area contributed by atoms with Crippen molar-refractivity contribution in [2.24, 2.45) is 41.4 Å². The lowest BCUT2D eigenvalue weighted by Gasteiger charge is -2.37. The molecule has 21 heavy (non-hydrogen) atoms. The van der Waals surface area contributed by atoms with Crippen molar-refractivity contribution in [2.45, 2.75) is 58.5 Å². The topological polar surface area (TPSA) is 46.5 Å². The van der Waals surface area contributed by atoms with Crippen LogP contribution in [-0.4, -0.2) is 24.3 Å². The SMILES string of the molecule is CCC1CC(CC)C2C3CC(CC3C(O)CC(=O)OC)C12. The van der Waals surface area contributed by atoms with E-state index in [1.165, 1.54) is 32.8 Å². The summed E-state index contributed by atoms with van der Waals surface area (Å²) in [5.74, 6) is 5.01. The van der Waals surface area contributed by atoms with Gasteiger partial charge in [0.15, 0.2) is 0 Å². The van der Waals surface area contributed by atoms with Gasteiger partial charge in [-0.15, -0.1) is 0 Å². The first-order chi connectivity index (χ1) is 10.1. The highest BCUT2D eigenvalue weighted by atomic mass is 16.5.